The summed E-state index contributed by atoms with van der Waals surface area (Å²) >= 11 is 0. The highest BCUT2D eigenvalue weighted by atomic mass is 16.3. The molecule has 0 unspecified atom stereocenters. The zero-order valence-electron chi connectivity index (χ0n) is 31.7. The summed E-state index contributed by atoms with van der Waals surface area (Å²) in [7, 11) is 0. The average Bonchev–Trinajstić information content (AvgIpc) is 3.76. The number of hydrogen-bond donors (Lipinski definition) is 0. The van der Waals surface area contributed by atoms with Crippen LogP contribution in [0.25, 0.3) is 83.4 Å². The third-order valence-corrected chi connectivity index (χ3v) is 10.7. The fourth-order valence-corrected chi connectivity index (χ4v) is 8.09. The second-order valence-electron chi connectivity index (χ2n) is 15.1. The third-order valence-electron chi connectivity index (χ3n) is 10.7. The predicted octanol–water partition coefficient (Wildman–Crippen LogP) is 13.9. The number of pyridine rings is 1. The van der Waals surface area contributed by atoms with Crippen LogP contribution in [-0.4, -0.2) is 14.5 Å². The summed E-state index contributed by atoms with van der Waals surface area (Å²) in [6.45, 7) is 13.3. The number of nitrogens with zero attached hydrogens (tertiary/aromatic N) is 3. The van der Waals surface area contributed by atoms with Crippen molar-refractivity contribution in [2.24, 2.45) is 0 Å². The highest BCUT2D eigenvalue weighted by Crippen LogP contribution is 2.43. The normalized spacial score (nSPS) is 11.9. The predicted molar refractivity (Wildman–Crippen MR) is 226 cm³/mol. The number of fused-ring (bicyclic) bond motifs is 4. The van der Waals surface area contributed by atoms with Crippen LogP contribution in [-0.2, 0) is 0 Å². The number of aryl methyl sites for hydroxylation is 2. The van der Waals surface area contributed by atoms with Gasteiger partial charge in [-0.3, -0.25) is 9.55 Å². The van der Waals surface area contributed by atoms with E-state index in [1.807, 2.05) is 6.92 Å². The van der Waals surface area contributed by atoms with Gasteiger partial charge in [0, 0.05) is 16.5 Å². The van der Waals surface area contributed by atoms with Crippen molar-refractivity contribution in [1.29, 1.82) is 0 Å². The average molecular weight is 702 g/mol. The van der Waals surface area contributed by atoms with E-state index in [2.05, 4.69) is 179 Å². The van der Waals surface area contributed by atoms with Gasteiger partial charge >= 0.3 is 0 Å². The van der Waals surface area contributed by atoms with Gasteiger partial charge in [-0.05, 0) is 107 Å². The number of hydrogen-bond acceptors (Lipinski definition) is 3. The maximum absolute atomic E-state index is 6.90. The fraction of sp³-hybridized carbons (Fsp3) is 0.160. The van der Waals surface area contributed by atoms with Gasteiger partial charge in [-0.2, -0.15) is 0 Å². The molecule has 3 aromatic heterocycles. The molecule has 0 aliphatic heterocycles. The smallest absolute Gasteiger partial charge is 0.149 e. The van der Waals surface area contributed by atoms with Crippen molar-refractivity contribution in [2.45, 2.75) is 53.4 Å². The maximum atomic E-state index is 6.90. The monoisotopic (exact) mass is 701 g/mol. The SMILES string of the molecule is Cc1cc2nc(-c3cccc4c3oc3cc(-c5ccc(-c6ccccc6)cc5)ccc34)n(-c3c(C(C)C)cc(-c4ccccc4)cc3C(C)C)c2c(C)n1. The van der Waals surface area contributed by atoms with Crippen LogP contribution in [0.4, 0.5) is 0 Å². The Kier molecular flexibility index (Phi) is 8.27. The molecule has 0 fully saturated rings. The Morgan fingerprint density at radius 3 is 1.72 bits per heavy atom. The van der Waals surface area contributed by atoms with Crippen LogP contribution in [0, 0.1) is 13.8 Å². The first kappa shape index (κ1) is 33.6. The van der Waals surface area contributed by atoms with E-state index in [1.165, 1.54) is 39.1 Å². The molecule has 0 amide bonds. The number of aromatic nitrogens is 3. The molecular weight excluding hydrogens is 659 g/mol. The lowest BCUT2D eigenvalue weighted by Gasteiger charge is -2.24. The molecule has 6 aromatic carbocycles. The van der Waals surface area contributed by atoms with Gasteiger partial charge in [-0.25, -0.2) is 4.98 Å². The van der Waals surface area contributed by atoms with Crippen LogP contribution in [0.1, 0.15) is 62.0 Å². The van der Waals surface area contributed by atoms with E-state index < -0.39 is 0 Å². The molecule has 0 aliphatic rings. The van der Waals surface area contributed by atoms with Gasteiger partial charge in [-0.1, -0.05) is 131 Å². The summed E-state index contributed by atoms with van der Waals surface area (Å²) in [6.07, 6.45) is 0. The first-order valence-electron chi connectivity index (χ1n) is 19.0. The second kappa shape index (κ2) is 13.3. The van der Waals surface area contributed by atoms with Crippen molar-refractivity contribution < 1.29 is 4.42 Å². The first-order chi connectivity index (χ1) is 26.2. The third kappa shape index (κ3) is 5.70. The Labute approximate surface area is 316 Å². The molecular formula is C50H43N3O. The molecule has 54 heavy (non-hydrogen) atoms. The van der Waals surface area contributed by atoms with E-state index in [9.17, 15) is 0 Å². The molecule has 4 nitrogen and oxygen atoms in total. The van der Waals surface area contributed by atoms with Crippen molar-refractivity contribution in [2.75, 3.05) is 0 Å². The van der Waals surface area contributed by atoms with E-state index in [1.54, 1.807) is 0 Å². The van der Waals surface area contributed by atoms with Gasteiger partial charge in [0.1, 0.15) is 17.0 Å². The Bertz CT molecular complexity index is 2790. The van der Waals surface area contributed by atoms with Crippen molar-refractivity contribution >= 4 is 33.0 Å². The highest BCUT2D eigenvalue weighted by molar-refractivity contribution is 6.10. The van der Waals surface area contributed by atoms with Gasteiger partial charge in [0.05, 0.1) is 28.0 Å². The number of imidazole rings is 1. The second-order valence-corrected chi connectivity index (χ2v) is 15.1. The van der Waals surface area contributed by atoms with Crippen LogP contribution < -0.4 is 0 Å². The molecule has 3 heterocycles. The standard InChI is InChI=1S/C50H43N3O/c1-30(2)43-27-39(35-16-11-8-12-17-35)28-44(31(3)4)48(43)53-47-33(6)51-32(5)26-45(47)52-50(53)42-19-13-18-41-40-25-24-38(29-46(40)54-49(41)42)37-22-20-36(21-23-37)34-14-9-7-10-15-34/h7-31H,1-6H3. The zero-order valence-corrected chi connectivity index (χ0v) is 31.7. The number of para-hydroxylation sites is 1. The Balaban J connectivity index is 1.26. The van der Waals surface area contributed by atoms with Crippen LogP contribution in [0.3, 0.4) is 0 Å². The summed E-state index contributed by atoms with van der Waals surface area (Å²) in [5.74, 6) is 1.37. The minimum absolute atomic E-state index is 0.257. The first-order valence-corrected chi connectivity index (χ1v) is 19.0. The van der Waals surface area contributed by atoms with Gasteiger partial charge in [0.15, 0.2) is 0 Å². The largest absolute Gasteiger partial charge is 0.455 e. The molecule has 9 rings (SSSR count). The molecule has 0 radical (unpaired) electrons. The Morgan fingerprint density at radius 1 is 0.519 bits per heavy atom. The highest BCUT2D eigenvalue weighted by Gasteiger charge is 2.27. The minimum atomic E-state index is 0.257. The van der Waals surface area contributed by atoms with Crippen molar-refractivity contribution in [3.05, 3.63) is 162 Å². The van der Waals surface area contributed by atoms with Crippen molar-refractivity contribution in [3.63, 3.8) is 0 Å². The summed E-state index contributed by atoms with van der Waals surface area (Å²) in [4.78, 5) is 10.4. The Morgan fingerprint density at radius 2 is 1.09 bits per heavy atom. The summed E-state index contributed by atoms with van der Waals surface area (Å²) in [5.41, 5.74) is 17.4. The maximum Gasteiger partial charge on any atom is 0.149 e. The lowest BCUT2D eigenvalue weighted by molar-refractivity contribution is 0.669. The van der Waals surface area contributed by atoms with Gasteiger partial charge in [0.25, 0.3) is 0 Å². The lowest BCUT2D eigenvalue weighted by Crippen LogP contribution is -2.10. The minimum Gasteiger partial charge on any atom is -0.455 e. The molecule has 4 heteroatoms. The number of furan rings is 1. The summed E-state index contributed by atoms with van der Waals surface area (Å²) < 4.78 is 9.28. The van der Waals surface area contributed by atoms with E-state index in [-0.39, 0.29) is 11.8 Å². The molecule has 0 spiro atoms. The lowest BCUT2D eigenvalue weighted by atomic mass is 9.88. The van der Waals surface area contributed by atoms with Gasteiger partial charge < -0.3 is 4.42 Å². The number of rotatable bonds is 7. The van der Waals surface area contributed by atoms with Crippen molar-refractivity contribution in [1.82, 2.24) is 14.5 Å². The van der Waals surface area contributed by atoms with E-state index in [4.69, 9.17) is 14.4 Å². The van der Waals surface area contributed by atoms with Crippen LogP contribution in [0.2, 0.25) is 0 Å². The topological polar surface area (TPSA) is 43.9 Å². The molecule has 0 saturated carbocycles. The number of benzene rings is 6. The zero-order chi connectivity index (χ0) is 37.1. The molecule has 264 valence electrons. The fourth-order valence-electron chi connectivity index (χ4n) is 8.09. The quantitative estimate of drug-likeness (QED) is 0.166. The van der Waals surface area contributed by atoms with Gasteiger partial charge in [-0.15, -0.1) is 0 Å². The Hall–Kier alpha value is -6.26. The van der Waals surface area contributed by atoms with Crippen molar-refractivity contribution in [3.8, 4) is 50.5 Å². The van der Waals surface area contributed by atoms with E-state index in [0.29, 0.717) is 0 Å². The molecule has 9 aromatic rings. The van der Waals surface area contributed by atoms with Gasteiger partial charge in [0.2, 0.25) is 0 Å². The van der Waals surface area contributed by atoms with E-state index in [0.717, 1.165) is 66.9 Å². The van der Waals surface area contributed by atoms with E-state index >= 15 is 0 Å². The molecule has 0 bridgehead atoms. The van der Waals surface area contributed by atoms with Crippen LogP contribution in [0.15, 0.2) is 144 Å². The van der Waals surface area contributed by atoms with Crippen LogP contribution in [0.5, 0.6) is 0 Å². The molecule has 0 saturated heterocycles. The molecule has 0 aliphatic carbocycles. The summed E-state index contributed by atoms with van der Waals surface area (Å²) in [5, 5.41) is 2.16. The molecule has 0 N–H and O–H groups in total. The van der Waals surface area contributed by atoms with Crippen LogP contribution >= 0.6 is 0 Å². The molecule has 0 atom stereocenters. The summed E-state index contributed by atoms with van der Waals surface area (Å²) in [6, 6.07) is 49.9.